The van der Waals surface area contributed by atoms with Crippen LogP contribution >= 0.6 is 0 Å². The third-order valence-electron chi connectivity index (χ3n) is 3.87. The normalized spacial score (nSPS) is 38.8. The minimum atomic E-state index is -0.0133. The summed E-state index contributed by atoms with van der Waals surface area (Å²) in [6.45, 7) is 14.6. The summed E-state index contributed by atoms with van der Waals surface area (Å²) in [6.07, 6.45) is 1.15. The van der Waals surface area contributed by atoms with E-state index in [1.165, 1.54) is 0 Å². The van der Waals surface area contributed by atoms with E-state index >= 15 is 0 Å². The summed E-state index contributed by atoms with van der Waals surface area (Å²) < 4.78 is 6.18. The minimum Gasteiger partial charge on any atom is -0.368 e. The molecule has 0 amide bonds. The lowest BCUT2D eigenvalue weighted by molar-refractivity contribution is -0.0821. The first-order valence-electron chi connectivity index (χ1n) is 6.48. The molecular weight excluding hydrogens is 200 g/mol. The highest BCUT2D eigenvalue weighted by molar-refractivity contribution is 5.01. The van der Waals surface area contributed by atoms with Crippen molar-refractivity contribution in [3.8, 4) is 0 Å². The van der Waals surface area contributed by atoms with Gasteiger partial charge < -0.3 is 10.1 Å². The standard InChI is InChI=1S/C13H26N2O/c1-10-9-15(7-6-14-10)11-8-12(2,3)16-13(11,4)5/h10-11,14H,6-9H2,1-5H3/t10-,11?/m0/s1. The highest BCUT2D eigenvalue weighted by Crippen LogP contribution is 2.40. The molecule has 16 heavy (non-hydrogen) atoms. The van der Waals surface area contributed by atoms with Crippen LogP contribution in [0.3, 0.4) is 0 Å². The molecule has 0 saturated carbocycles. The van der Waals surface area contributed by atoms with Crippen molar-refractivity contribution in [1.29, 1.82) is 0 Å². The van der Waals surface area contributed by atoms with Crippen molar-refractivity contribution in [1.82, 2.24) is 10.2 Å². The molecule has 94 valence electrons. The Bertz CT molecular complexity index is 263. The summed E-state index contributed by atoms with van der Waals surface area (Å²) in [6, 6.07) is 1.17. The van der Waals surface area contributed by atoms with E-state index in [1.54, 1.807) is 0 Å². The van der Waals surface area contributed by atoms with Crippen LogP contribution < -0.4 is 5.32 Å². The van der Waals surface area contributed by atoms with Gasteiger partial charge in [0.15, 0.2) is 0 Å². The molecule has 1 unspecified atom stereocenters. The second kappa shape index (κ2) is 3.97. The smallest absolute Gasteiger partial charge is 0.0789 e. The van der Waals surface area contributed by atoms with Crippen molar-refractivity contribution >= 4 is 0 Å². The fraction of sp³-hybridized carbons (Fsp3) is 1.00. The SMILES string of the molecule is C[C@H]1CN(C2CC(C)(C)OC2(C)C)CCN1. The largest absolute Gasteiger partial charge is 0.368 e. The van der Waals surface area contributed by atoms with Gasteiger partial charge in [-0.25, -0.2) is 0 Å². The van der Waals surface area contributed by atoms with Gasteiger partial charge in [-0.05, 0) is 41.0 Å². The summed E-state index contributed by atoms with van der Waals surface area (Å²) in [5, 5.41) is 3.50. The second-order valence-electron chi connectivity index (χ2n) is 6.54. The van der Waals surface area contributed by atoms with E-state index in [2.05, 4.69) is 44.8 Å². The van der Waals surface area contributed by atoms with Crippen LogP contribution in [0.4, 0.5) is 0 Å². The monoisotopic (exact) mass is 226 g/mol. The van der Waals surface area contributed by atoms with Crippen LogP contribution in [0.15, 0.2) is 0 Å². The summed E-state index contributed by atoms with van der Waals surface area (Å²) in [5.74, 6) is 0. The van der Waals surface area contributed by atoms with Gasteiger partial charge in [-0.3, -0.25) is 4.90 Å². The van der Waals surface area contributed by atoms with Crippen molar-refractivity contribution in [3.05, 3.63) is 0 Å². The van der Waals surface area contributed by atoms with Gasteiger partial charge in [-0.2, -0.15) is 0 Å². The third kappa shape index (κ3) is 2.41. The van der Waals surface area contributed by atoms with Gasteiger partial charge in [-0.1, -0.05) is 0 Å². The van der Waals surface area contributed by atoms with E-state index in [1.807, 2.05) is 0 Å². The van der Waals surface area contributed by atoms with Gasteiger partial charge in [0, 0.05) is 31.7 Å². The molecule has 0 aliphatic carbocycles. The van der Waals surface area contributed by atoms with E-state index in [4.69, 9.17) is 4.74 Å². The molecule has 2 rings (SSSR count). The summed E-state index contributed by atoms with van der Waals surface area (Å²) in [5.41, 5.74) is 0.0167. The maximum atomic E-state index is 6.18. The lowest BCUT2D eigenvalue weighted by Crippen LogP contribution is -2.56. The number of hydrogen-bond acceptors (Lipinski definition) is 3. The summed E-state index contributed by atoms with van der Waals surface area (Å²) >= 11 is 0. The molecule has 0 aromatic heterocycles. The Morgan fingerprint density at radius 1 is 1.25 bits per heavy atom. The molecule has 2 heterocycles. The topological polar surface area (TPSA) is 24.5 Å². The minimum absolute atomic E-state index is 0.0133. The molecule has 0 aromatic rings. The molecule has 0 aromatic carbocycles. The fourth-order valence-electron chi connectivity index (χ4n) is 3.35. The molecule has 3 heteroatoms. The second-order valence-corrected chi connectivity index (χ2v) is 6.54. The van der Waals surface area contributed by atoms with E-state index in [0.29, 0.717) is 12.1 Å². The van der Waals surface area contributed by atoms with Crippen LogP contribution in [-0.4, -0.2) is 47.8 Å². The van der Waals surface area contributed by atoms with E-state index < -0.39 is 0 Å². The number of nitrogens with zero attached hydrogens (tertiary/aromatic N) is 1. The van der Waals surface area contributed by atoms with Gasteiger partial charge >= 0.3 is 0 Å². The Balaban J connectivity index is 2.08. The van der Waals surface area contributed by atoms with Crippen LogP contribution in [0, 0.1) is 0 Å². The van der Waals surface area contributed by atoms with Gasteiger partial charge in [0.05, 0.1) is 11.2 Å². The van der Waals surface area contributed by atoms with Crippen LogP contribution in [0.2, 0.25) is 0 Å². The first kappa shape index (κ1) is 12.3. The molecule has 2 aliphatic rings. The Morgan fingerprint density at radius 3 is 2.44 bits per heavy atom. The van der Waals surface area contributed by atoms with E-state index in [0.717, 1.165) is 26.1 Å². The number of piperazine rings is 1. The van der Waals surface area contributed by atoms with Crippen LogP contribution in [-0.2, 0) is 4.74 Å². The number of nitrogens with one attached hydrogen (secondary N) is 1. The van der Waals surface area contributed by atoms with Crippen molar-refractivity contribution in [3.63, 3.8) is 0 Å². The maximum absolute atomic E-state index is 6.18. The zero-order chi connectivity index (χ0) is 12.0. The Labute approximate surface area is 99.5 Å². The first-order valence-corrected chi connectivity index (χ1v) is 6.48. The molecule has 1 N–H and O–H groups in total. The van der Waals surface area contributed by atoms with Crippen LogP contribution in [0.5, 0.6) is 0 Å². The zero-order valence-corrected chi connectivity index (χ0v) is 11.3. The molecule has 2 atom stereocenters. The van der Waals surface area contributed by atoms with Crippen molar-refractivity contribution in [2.75, 3.05) is 19.6 Å². The highest BCUT2D eigenvalue weighted by Gasteiger charge is 2.48. The van der Waals surface area contributed by atoms with E-state index in [-0.39, 0.29) is 11.2 Å². The van der Waals surface area contributed by atoms with E-state index in [9.17, 15) is 0 Å². The predicted molar refractivity (Wildman–Crippen MR) is 66.7 cm³/mol. The lowest BCUT2D eigenvalue weighted by Gasteiger charge is -2.40. The molecule has 0 bridgehead atoms. The molecular formula is C13H26N2O. The summed E-state index contributed by atoms with van der Waals surface area (Å²) in [7, 11) is 0. The van der Waals surface area contributed by atoms with Gasteiger partial charge in [0.2, 0.25) is 0 Å². The van der Waals surface area contributed by atoms with Gasteiger partial charge in [-0.15, -0.1) is 0 Å². The van der Waals surface area contributed by atoms with Gasteiger partial charge in [0.25, 0.3) is 0 Å². The predicted octanol–water partition coefficient (Wildman–Crippen LogP) is 1.63. The lowest BCUT2D eigenvalue weighted by atomic mass is 9.92. The average Bonchev–Trinajstić information content (AvgIpc) is 2.34. The Hall–Kier alpha value is -0.120. The summed E-state index contributed by atoms with van der Waals surface area (Å²) in [4.78, 5) is 2.61. The molecule has 0 spiro atoms. The zero-order valence-electron chi connectivity index (χ0n) is 11.3. The van der Waals surface area contributed by atoms with Gasteiger partial charge in [0.1, 0.15) is 0 Å². The van der Waals surface area contributed by atoms with Crippen molar-refractivity contribution in [2.24, 2.45) is 0 Å². The van der Waals surface area contributed by atoms with Crippen LogP contribution in [0.25, 0.3) is 0 Å². The Kier molecular flexibility index (Phi) is 3.06. The molecule has 0 radical (unpaired) electrons. The van der Waals surface area contributed by atoms with Crippen molar-refractivity contribution in [2.45, 2.75) is 64.3 Å². The number of ether oxygens (including phenoxy) is 1. The number of hydrogen-bond donors (Lipinski definition) is 1. The average molecular weight is 226 g/mol. The highest BCUT2D eigenvalue weighted by atomic mass is 16.5. The quantitative estimate of drug-likeness (QED) is 0.735. The fourth-order valence-corrected chi connectivity index (χ4v) is 3.35. The molecule has 3 nitrogen and oxygen atoms in total. The third-order valence-corrected chi connectivity index (χ3v) is 3.87. The first-order chi connectivity index (χ1) is 7.30. The Morgan fingerprint density at radius 2 is 1.94 bits per heavy atom. The van der Waals surface area contributed by atoms with Crippen molar-refractivity contribution < 1.29 is 4.74 Å². The molecule has 2 aliphatic heterocycles. The maximum Gasteiger partial charge on any atom is 0.0789 e. The molecule has 2 fully saturated rings. The molecule has 2 saturated heterocycles. The van der Waals surface area contributed by atoms with Crippen LogP contribution in [0.1, 0.15) is 41.0 Å². The number of rotatable bonds is 1.